The van der Waals surface area contributed by atoms with Gasteiger partial charge in [-0.15, -0.1) is 0 Å². The first kappa shape index (κ1) is 22.9. The van der Waals surface area contributed by atoms with Crippen LogP contribution in [0, 0.1) is 6.92 Å². The van der Waals surface area contributed by atoms with Crippen LogP contribution in [0.25, 0.3) is 0 Å². The Morgan fingerprint density at radius 1 is 1.07 bits per heavy atom. The number of benzene rings is 1. The summed E-state index contributed by atoms with van der Waals surface area (Å²) in [6, 6.07) is 5.07. The molecule has 0 unspecified atom stereocenters. The van der Waals surface area contributed by atoms with E-state index in [9.17, 15) is 13.2 Å². The number of aryl methyl sites for hydroxylation is 1. The van der Waals surface area contributed by atoms with Crippen LogP contribution < -0.4 is 14.9 Å². The molecule has 2 N–H and O–H groups in total. The number of hydrogen-bond donors (Lipinski definition) is 2. The molecular formula is C18H26N6O3S2. The Bertz CT molecular complexity index is 962. The van der Waals surface area contributed by atoms with Gasteiger partial charge in [0.25, 0.3) is 10.0 Å². The lowest BCUT2D eigenvalue weighted by atomic mass is 10.2. The van der Waals surface area contributed by atoms with Gasteiger partial charge < -0.3 is 5.32 Å². The van der Waals surface area contributed by atoms with Crippen LogP contribution >= 0.6 is 11.8 Å². The number of anilines is 2. The Kier molecular flexibility index (Phi) is 7.42. The van der Waals surface area contributed by atoms with Gasteiger partial charge in [-0.2, -0.15) is 15.0 Å². The average molecular weight is 439 g/mol. The Morgan fingerprint density at radius 3 is 2.21 bits per heavy atom. The number of thioether (sulfide) groups is 1. The second-order valence-electron chi connectivity index (χ2n) is 6.93. The van der Waals surface area contributed by atoms with E-state index >= 15 is 0 Å². The van der Waals surface area contributed by atoms with Crippen LogP contribution in [0.4, 0.5) is 16.7 Å². The highest BCUT2D eigenvalue weighted by molar-refractivity contribution is 7.98. The molecular weight excluding hydrogens is 412 g/mol. The Labute approximate surface area is 175 Å². The lowest BCUT2D eigenvalue weighted by molar-refractivity contribution is 0.249. The van der Waals surface area contributed by atoms with Gasteiger partial charge in [0.1, 0.15) is 0 Å². The fourth-order valence-corrected chi connectivity index (χ4v) is 3.66. The van der Waals surface area contributed by atoms with Crippen molar-refractivity contribution in [3.63, 3.8) is 0 Å². The quantitative estimate of drug-likeness (QED) is 0.634. The normalized spacial score (nSPS) is 11.6. The first-order valence-corrected chi connectivity index (χ1v) is 11.7. The van der Waals surface area contributed by atoms with E-state index in [1.165, 1.54) is 28.8 Å². The number of sulfonamides is 1. The molecule has 0 atom stereocenters. The fourth-order valence-electron chi connectivity index (χ4n) is 2.36. The first-order chi connectivity index (χ1) is 13.5. The molecule has 0 aliphatic heterocycles. The molecule has 2 rings (SSSR count). The molecule has 158 valence electrons. The van der Waals surface area contributed by atoms with Crippen molar-refractivity contribution in [2.45, 2.75) is 56.8 Å². The van der Waals surface area contributed by atoms with Gasteiger partial charge in [-0.3, -0.25) is 4.90 Å². The lowest BCUT2D eigenvalue weighted by Gasteiger charge is -2.25. The Balaban J connectivity index is 2.38. The number of nitrogens with zero attached hydrogens (tertiary/aromatic N) is 4. The zero-order valence-corrected chi connectivity index (χ0v) is 18.9. The summed E-state index contributed by atoms with van der Waals surface area (Å²) in [4.78, 5) is 26.9. The number of urea groups is 1. The predicted octanol–water partition coefficient (Wildman–Crippen LogP) is 3.04. The molecule has 1 aromatic carbocycles. The summed E-state index contributed by atoms with van der Waals surface area (Å²) in [6.07, 6.45) is 1.81. The lowest BCUT2D eigenvalue weighted by Crippen LogP contribution is -2.47. The molecule has 0 saturated carbocycles. The van der Waals surface area contributed by atoms with Gasteiger partial charge in [0.2, 0.25) is 11.9 Å². The van der Waals surface area contributed by atoms with Crippen LogP contribution in [-0.2, 0) is 10.0 Å². The number of hydrogen-bond acceptors (Lipinski definition) is 8. The third-order valence-corrected chi connectivity index (χ3v) is 5.59. The third-order valence-electron chi connectivity index (χ3n) is 3.71. The predicted molar refractivity (Wildman–Crippen MR) is 115 cm³/mol. The molecule has 1 heterocycles. The Morgan fingerprint density at radius 2 is 1.69 bits per heavy atom. The third kappa shape index (κ3) is 6.04. The van der Waals surface area contributed by atoms with Crippen molar-refractivity contribution in [1.29, 1.82) is 0 Å². The van der Waals surface area contributed by atoms with Crippen molar-refractivity contribution in [2.75, 3.05) is 16.5 Å². The van der Waals surface area contributed by atoms with E-state index < -0.39 is 22.1 Å². The van der Waals surface area contributed by atoms with Crippen LogP contribution in [0.3, 0.4) is 0 Å². The largest absolute Gasteiger partial charge is 0.352 e. The van der Waals surface area contributed by atoms with Crippen molar-refractivity contribution in [2.24, 2.45) is 0 Å². The molecule has 2 aromatic rings. The Hall–Kier alpha value is -2.40. The molecule has 2 amide bonds. The van der Waals surface area contributed by atoms with Gasteiger partial charge in [-0.05, 0) is 53.0 Å². The summed E-state index contributed by atoms with van der Waals surface area (Å²) in [6.45, 7) is 9.21. The summed E-state index contributed by atoms with van der Waals surface area (Å²) < 4.78 is 27.3. The zero-order chi connectivity index (χ0) is 21.8. The van der Waals surface area contributed by atoms with E-state index in [1.54, 1.807) is 32.2 Å². The molecule has 0 bridgehead atoms. The number of aromatic nitrogens is 3. The molecule has 0 aliphatic carbocycles. The standard InChI is InChI=1S/C18H26N6O3S2/c1-11(2)19-15-20-16(22-17(21-15)28-6)24(12(3)4)18(25)23-29(26,27)14-9-7-13(5)8-10-14/h7-12H,1-6H3,(H,23,25)(H,19,20,21,22). The summed E-state index contributed by atoms with van der Waals surface area (Å²) >= 11 is 1.30. The maximum Gasteiger partial charge on any atom is 0.338 e. The van der Waals surface area contributed by atoms with Crippen LogP contribution in [-0.4, -0.2) is 47.7 Å². The SMILES string of the molecule is CSc1nc(NC(C)C)nc(N(C(=O)NS(=O)(=O)c2ccc(C)cc2)C(C)C)n1. The minimum absolute atomic E-state index is 0.00256. The number of carbonyl (C=O) groups is 1. The smallest absolute Gasteiger partial charge is 0.338 e. The van der Waals surface area contributed by atoms with E-state index in [-0.39, 0.29) is 16.9 Å². The van der Waals surface area contributed by atoms with E-state index in [0.29, 0.717) is 11.1 Å². The minimum Gasteiger partial charge on any atom is -0.352 e. The highest BCUT2D eigenvalue weighted by Crippen LogP contribution is 2.20. The molecule has 29 heavy (non-hydrogen) atoms. The van der Waals surface area contributed by atoms with Gasteiger partial charge in [0, 0.05) is 12.1 Å². The van der Waals surface area contributed by atoms with Crippen molar-refractivity contribution in [3.05, 3.63) is 29.8 Å². The second kappa shape index (κ2) is 9.40. The van der Waals surface area contributed by atoms with E-state index in [4.69, 9.17) is 0 Å². The van der Waals surface area contributed by atoms with E-state index in [0.717, 1.165) is 5.56 Å². The van der Waals surface area contributed by atoms with Gasteiger partial charge in [-0.1, -0.05) is 29.5 Å². The summed E-state index contributed by atoms with van der Waals surface area (Å²) in [5.74, 6) is 0.383. The molecule has 0 radical (unpaired) electrons. The summed E-state index contributed by atoms with van der Waals surface area (Å²) in [5.41, 5.74) is 0.916. The second-order valence-corrected chi connectivity index (χ2v) is 9.39. The van der Waals surface area contributed by atoms with E-state index in [2.05, 4.69) is 25.0 Å². The number of nitrogens with one attached hydrogen (secondary N) is 2. The van der Waals surface area contributed by atoms with Crippen molar-refractivity contribution >= 4 is 39.7 Å². The molecule has 0 saturated heterocycles. The van der Waals surface area contributed by atoms with Gasteiger partial charge >= 0.3 is 6.03 Å². The average Bonchev–Trinajstić information content (AvgIpc) is 2.60. The van der Waals surface area contributed by atoms with Crippen molar-refractivity contribution in [3.8, 4) is 0 Å². The fraction of sp³-hybridized carbons (Fsp3) is 0.444. The minimum atomic E-state index is -4.04. The van der Waals surface area contributed by atoms with Crippen LogP contribution in [0.2, 0.25) is 0 Å². The van der Waals surface area contributed by atoms with Gasteiger partial charge in [0.05, 0.1) is 4.90 Å². The molecule has 0 fully saturated rings. The van der Waals surface area contributed by atoms with E-state index in [1.807, 2.05) is 20.8 Å². The molecule has 0 aliphatic rings. The maximum atomic E-state index is 12.9. The number of carbonyl (C=O) groups excluding carboxylic acids is 1. The van der Waals surface area contributed by atoms with Crippen LogP contribution in [0.1, 0.15) is 33.3 Å². The summed E-state index contributed by atoms with van der Waals surface area (Å²) in [5, 5.41) is 3.49. The highest BCUT2D eigenvalue weighted by atomic mass is 32.2. The number of amides is 2. The maximum absolute atomic E-state index is 12.9. The molecule has 0 spiro atoms. The summed E-state index contributed by atoms with van der Waals surface area (Å²) in [7, 11) is -4.04. The molecule has 11 heteroatoms. The highest BCUT2D eigenvalue weighted by Gasteiger charge is 2.28. The molecule has 1 aromatic heterocycles. The first-order valence-electron chi connectivity index (χ1n) is 9.02. The van der Waals surface area contributed by atoms with Crippen LogP contribution in [0.15, 0.2) is 34.3 Å². The van der Waals surface area contributed by atoms with Gasteiger partial charge in [0.15, 0.2) is 5.16 Å². The van der Waals surface area contributed by atoms with Crippen molar-refractivity contribution < 1.29 is 13.2 Å². The van der Waals surface area contributed by atoms with Crippen molar-refractivity contribution in [1.82, 2.24) is 19.7 Å². The van der Waals surface area contributed by atoms with Gasteiger partial charge in [-0.25, -0.2) is 17.9 Å². The van der Waals surface area contributed by atoms with Crippen LogP contribution in [0.5, 0.6) is 0 Å². The molecule has 9 nitrogen and oxygen atoms in total. The monoisotopic (exact) mass is 438 g/mol. The zero-order valence-electron chi connectivity index (χ0n) is 17.3. The number of rotatable bonds is 7. The topological polar surface area (TPSA) is 117 Å².